The summed E-state index contributed by atoms with van der Waals surface area (Å²) >= 11 is 0. The monoisotopic (exact) mass is 716 g/mol. The van der Waals surface area contributed by atoms with Gasteiger partial charge in [0.15, 0.2) is 0 Å². The van der Waals surface area contributed by atoms with Crippen LogP contribution in [0.1, 0.15) is 0 Å². The number of benzene rings is 4. The fourth-order valence-electron chi connectivity index (χ4n) is 6.33. The van der Waals surface area contributed by atoms with Crippen molar-refractivity contribution in [3.8, 4) is 45.6 Å². The van der Waals surface area contributed by atoms with Crippen LogP contribution in [-0.2, 0) is 0 Å². The van der Waals surface area contributed by atoms with Crippen LogP contribution in [0.4, 0.5) is 0 Å². The summed E-state index contributed by atoms with van der Waals surface area (Å²) in [7, 11) is 8.42. The zero-order chi connectivity index (χ0) is 36.4. The largest absolute Gasteiger partial charge is 4.00 e. The summed E-state index contributed by atoms with van der Waals surface area (Å²) in [5.41, 5.74) is 5.78. The number of rotatable bonds is 4. The second-order valence-electron chi connectivity index (χ2n) is 12.8. The molecule has 0 atom stereocenters. The van der Waals surface area contributed by atoms with Gasteiger partial charge in [-0.1, -0.05) is 97.1 Å². The molecule has 0 saturated carbocycles. The van der Waals surface area contributed by atoms with Crippen molar-refractivity contribution < 1.29 is 10.2 Å². The Morgan fingerprint density at radius 3 is 0.943 bits per heavy atom. The molecule has 0 N–H and O–H groups in total. The van der Waals surface area contributed by atoms with Crippen LogP contribution in [0, 0.1) is 0 Å². The maximum Gasteiger partial charge on any atom is 4.00 e. The molecule has 8 bridgehead atoms. The summed E-state index contributed by atoms with van der Waals surface area (Å²) in [5.74, 6) is 2.21. The number of likely N-dealkylation sites (N-methyl/N-ethyl adjacent to an activating group) is 2. The van der Waals surface area contributed by atoms with E-state index in [1.54, 1.807) is 0 Å². The van der Waals surface area contributed by atoms with Gasteiger partial charge in [-0.2, -0.15) is 7.11 Å². The summed E-state index contributed by atoms with van der Waals surface area (Å²) in [5, 5.41) is 22.9. The minimum atomic E-state index is -0.481. The summed E-state index contributed by atoms with van der Waals surface area (Å²) in [6.07, 6.45) is -0.481. The Labute approximate surface area is 311 Å². The van der Waals surface area contributed by atoms with Gasteiger partial charge in [0.25, 0.3) is 0 Å². The Bertz CT molecular complexity index is 2230. The zero-order valence-corrected chi connectivity index (χ0v) is 31.0. The molecule has 13 heteroatoms. The summed E-state index contributed by atoms with van der Waals surface area (Å²) in [6, 6.07) is 31.8. The third kappa shape index (κ3) is 7.47. The first-order chi connectivity index (χ1) is 25.3. The number of aromatic nitrogens is 8. The Morgan fingerprint density at radius 1 is 0.453 bits per heavy atom. The molecule has 7 aromatic rings. The van der Waals surface area contributed by atoms with E-state index in [0.29, 0.717) is 59.0 Å². The Balaban J connectivity index is 0.000000325. The molecular weight excluding hydrogens is 681 g/mol. The van der Waals surface area contributed by atoms with Gasteiger partial charge in [0.2, 0.25) is 0 Å². The predicted octanol–water partition coefficient (Wildman–Crippen LogP) is 3.56. The molecule has 2 aliphatic heterocycles. The summed E-state index contributed by atoms with van der Waals surface area (Å²) in [6.45, 7) is 1.25. The quantitative estimate of drug-likeness (QED) is 0.244. The van der Waals surface area contributed by atoms with E-state index in [2.05, 4.69) is 0 Å². The van der Waals surface area contributed by atoms with Gasteiger partial charge in [-0.3, -0.25) is 0 Å². The average Bonchev–Trinajstić information content (AvgIpc) is 3.88. The van der Waals surface area contributed by atoms with Gasteiger partial charge >= 0.3 is 11.0 Å². The molecule has 0 saturated heterocycles. The van der Waals surface area contributed by atoms with Crippen molar-refractivity contribution in [2.24, 2.45) is 0 Å². The Morgan fingerprint density at radius 2 is 0.698 bits per heavy atom. The minimum absolute atomic E-state index is 0. The third-order valence-corrected chi connectivity index (χ3v) is 8.47. The van der Waals surface area contributed by atoms with Crippen LogP contribution in [-0.4, -0.2) is 105 Å². The van der Waals surface area contributed by atoms with E-state index in [1.165, 1.54) is 0 Å². The molecule has 12 nitrogen and oxygen atoms in total. The SMILES string of the molecule is CN(C)CC([O-])CN(C)C.C[O-].[Si+4].c1ccc2c(c1)-c1nc-2nc2[n-]c(nc3nc(nc4[n-]c(n1)c1ccccc41)-c1ccccc1-3)c1ccccc21. The molecule has 0 spiro atoms. The van der Waals surface area contributed by atoms with Gasteiger partial charge in [0.1, 0.15) is 0 Å². The molecule has 3 aromatic heterocycles. The van der Waals surface area contributed by atoms with Crippen LogP contribution in [0.5, 0.6) is 0 Å². The smallest absolute Gasteiger partial charge is 0.857 e. The van der Waals surface area contributed by atoms with Crippen LogP contribution < -0.4 is 20.2 Å². The average molecular weight is 717 g/mol. The molecule has 0 fully saturated rings. The standard InChI is InChI=1S/C32H16N8.C7H17N2O.CH3O.Si/c1-2-10-18-17(9-1)25-33-26(18)38-28-21-13-5-6-14-22(21)30(35-28)40-32-24-16-8-7-15-23(24)31(36-32)39-29-20-12-4-3-11-19(20)27(34-29)37-25;1-8(2)5-7(10)6-9(3)4;1-2;/h1-16H;7H,5-6H2,1-4H3;1H3;/q-2;2*-1;+4. The number of hydrogen-bond acceptors (Lipinski definition) is 10. The molecular formula is C40H36N10O2Si. The molecule has 0 amide bonds. The van der Waals surface area contributed by atoms with Crippen LogP contribution >= 0.6 is 0 Å². The van der Waals surface area contributed by atoms with Crippen LogP contribution in [0.3, 0.4) is 0 Å². The molecule has 0 aliphatic carbocycles. The molecule has 2 aliphatic rings. The van der Waals surface area contributed by atoms with Crippen LogP contribution in [0.2, 0.25) is 0 Å². The first-order valence-electron chi connectivity index (χ1n) is 16.8. The zero-order valence-electron chi connectivity index (χ0n) is 30.0. The van der Waals surface area contributed by atoms with Gasteiger partial charge in [-0.15, -0.1) is 6.10 Å². The number of fused-ring (bicyclic) bond motifs is 20. The molecule has 0 unspecified atom stereocenters. The molecule has 4 aromatic carbocycles. The van der Waals surface area contributed by atoms with Crippen LogP contribution in [0.25, 0.3) is 89.7 Å². The predicted molar refractivity (Wildman–Crippen MR) is 207 cm³/mol. The topological polar surface area (TPSA) is 158 Å². The number of hydrogen-bond donors (Lipinski definition) is 0. The van der Waals surface area contributed by atoms with Crippen LogP contribution in [0.15, 0.2) is 97.1 Å². The van der Waals surface area contributed by atoms with Crippen molar-refractivity contribution in [1.29, 1.82) is 0 Å². The number of nitrogens with zero attached hydrogens (tertiary/aromatic N) is 10. The molecule has 53 heavy (non-hydrogen) atoms. The Kier molecular flexibility index (Phi) is 11.1. The molecule has 5 heterocycles. The molecule has 0 radical (unpaired) electrons. The van der Waals surface area contributed by atoms with E-state index in [-0.39, 0.29) is 11.0 Å². The first kappa shape index (κ1) is 37.1. The second kappa shape index (κ2) is 15.9. The fourth-order valence-corrected chi connectivity index (χ4v) is 6.33. The van der Waals surface area contributed by atoms with E-state index in [1.807, 2.05) is 135 Å². The van der Waals surface area contributed by atoms with E-state index in [4.69, 9.17) is 45.0 Å². The summed E-state index contributed by atoms with van der Waals surface area (Å²) < 4.78 is 0. The van der Waals surface area contributed by atoms with Gasteiger partial charge in [0.05, 0.1) is 23.3 Å². The van der Waals surface area contributed by atoms with Crippen molar-refractivity contribution in [3.63, 3.8) is 0 Å². The maximum atomic E-state index is 11.1. The van der Waals surface area contributed by atoms with E-state index in [9.17, 15) is 5.11 Å². The van der Waals surface area contributed by atoms with E-state index < -0.39 is 6.10 Å². The van der Waals surface area contributed by atoms with Crippen molar-refractivity contribution >= 4 is 55.1 Å². The molecule has 262 valence electrons. The van der Waals surface area contributed by atoms with Crippen molar-refractivity contribution in [1.82, 2.24) is 49.7 Å². The van der Waals surface area contributed by atoms with Gasteiger partial charge in [-0.05, 0) is 62.8 Å². The normalized spacial score (nSPS) is 11.4. The third-order valence-electron chi connectivity index (χ3n) is 8.47. The minimum Gasteiger partial charge on any atom is -0.857 e. The fraction of sp³-hybridized carbons (Fsp3) is 0.200. The van der Waals surface area contributed by atoms with Gasteiger partial charge in [0, 0.05) is 44.8 Å². The van der Waals surface area contributed by atoms with Crippen molar-refractivity contribution in [3.05, 3.63) is 97.1 Å². The first-order valence-corrected chi connectivity index (χ1v) is 16.8. The molecule has 9 rings (SSSR count). The van der Waals surface area contributed by atoms with Crippen molar-refractivity contribution in [2.75, 3.05) is 48.4 Å². The van der Waals surface area contributed by atoms with E-state index in [0.717, 1.165) is 50.9 Å². The van der Waals surface area contributed by atoms with Gasteiger partial charge < -0.3 is 49.9 Å². The second-order valence-corrected chi connectivity index (χ2v) is 12.8. The van der Waals surface area contributed by atoms with E-state index >= 15 is 0 Å². The summed E-state index contributed by atoms with van der Waals surface area (Å²) in [4.78, 5) is 43.1. The van der Waals surface area contributed by atoms with Gasteiger partial charge in [-0.25, -0.2) is 9.97 Å². The van der Waals surface area contributed by atoms with Crippen molar-refractivity contribution in [2.45, 2.75) is 6.10 Å². The maximum absolute atomic E-state index is 11.1. The Hall–Kier alpha value is -5.70.